The Hall–Kier alpha value is 0.234. The Morgan fingerprint density at radius 2 is 1.76 bits per heavy atom. The Bertz CT molecular complexity index is 229. The summed E-state index contributed by atoms with van der Waals surface area (Å²) in [7, 11) is -0.927. The van der Waals surface area contributed by atoms with Crippen molar-refractivity contribution in [2.75, 3.05) is 34.0 Å². The van der Waals surface area contributed by atoms with Gasteiger partial charge in [-0.05, 0) is 19.1 Å². The predicted molar refractivity (Wildman–Crippen MR) is 69.6 cm³/mol. The summed E-state index contributed by atoms with van der Waals surface area (Å²) in [5.74, 6) is 0. The zero-order valence-corrected chi connectivity index (χ0v) is 13.4. The lowest BCUT2D eigenvalue weighted by Gasteiger charge is -2.32. The van der Waals surface area contributed by atoms with Gasteiger partial charge in [0.25, 0.3) is 0 Å². The molecule has 102 valence electrons. The summed E-state index contributed by atoms with van der Waals surface area (Å²) in [5, 5.41) is 0. The third kappa shape index (κ3) is 6.09. The van der Waals surface area contributed by atoms with Crippen molar-refractivity contribution in [1.82, 2.24) is 0 Å². The molecule has 0 aromatic carbocycles. The Kier molecular flexibility index (Phi) is 5.77. The summed E-state index contributed by atoms with van der Waals surface area (Å²) in [6.07, 6.45) is 0.332. The van der Waals surface area contributed by atoms with Crippen molar-refractivity contribution >= 4 is 17.1 Å². The molecule has 0 saturated carbocycles. The highest BCUT2D eigenvalue weighted by Crippen LogP contribution is 2.19. The molecular weight excluding hydrogens is 256 g/mol. The second-order valence-electron chi connectivity index (χ2n) is 4.91. The van der Waals surface area contributed by atoms with Gasteiger partial charge in [-0.1, -0.05) is 0 Å². The van der Waals surface area contributed by atoms with Crippen LogP contribution in [0, 0.1) is 0 Å². The van der Waals surface area contributed by atoms with E-state index < -0.39 is 17.1 Å². The fraction of sp³-hybridized carbons (Fsp3) is 1.00. The van der Waals surface area contributed by atoms with E-state index >= 15 is 0 Å². The summed E-state index contributed by atoms with van der Waals surface area (Å²) in [4.78, 5) is 0. The summed E-state index contributed by atoms with van der Waals surface area (Å²) >= 11 is 0. The number of rotatable bonds is 9. The van der Waals surface area contributed by atoms with Crippen molar-refractivity contribution in [1.29, 1.82) is 0 Å². The van der Waals surface area contributed by atoms with Crippen molar-refractivity contribution in [3.05, 3.63) is 0 Å². The maximum atomic E-state index is 6.07. The molecule has 1 rings (SSSR count). The minimum Gasteiger partial charge on any atom is -0.416 e. The monoisotopic (exact) mass is 280 g/mol. The van der Waals surface area contributed by atoms with Crippen molar-refractivity contribution in [3.8, 4) is 0 Å². The molecule has 0 N–H and O–H groups in total. The number of epoxide rings is 1. The Labute approximate surface area is 106 Å². The molecule has 0 aromatic heterocycles. The molecule has 0 aliphatic carbocycles. The fourth-order valence-electron chi connectivity index (χ4n) is 1.42. The van der Waals surface area contributed by atoms with Gasteiger partial charge in [-0.3, -0.25) is 0 Å². The highest BCUT2D eigenvalue weighted by Gasteiger charge is 2.39. The zero-order valence-electron chi connectivity index (χ0n) is 11.4. The average molecular weight is 280 g/mol. The minimum absolute atomic E-state index is 0.332. The molecule has 1 fully saturated rings. The summed E-state index contributed by atoms with van der Waals surface area (Å²) in [5.41, 5.74) is 0. The molecule has 0 radical (unpaired) electrons. The molecule has 1 aliphatic rings. The average Bonchev–Trinajstić information content (AvgIpc) is 3.07. The maximum Gasteiger partial charge on any atom is 0.486 e. The second kappa shape index (κ2) is 6.41. The normalized spacial score (nSPS) is 20.6. The molecule has 7 heteroatoms. The fourth-order valence-corrected chi connectivity index (χ4v) is 7.31. The van der Waals surface area contributed by atoms with Crippen LogP contribution >= 0.6 is 0 Å². The largest absolute Gasteiger partial charge is 0.486 e. The lowest BCUT2D eigenvalue weighted by molar-refractivity contribution is 0.123. The molecule has 17 heavy (non-hydrogen) atoms. The highest BCUT2D eigenvalue weighted by atomic mass is 28.5. The van der Waals surface area contributed by atoms with E-state index in [1.165, 1.54) is 0 Å². The minimum atomic E-state index is -2.42. The number of hydrogen-bond acceptors (Lipinski definition) is 5. The summed E-state index contributed by atoms with van der Waals surface area (Å²) in [6.45, 7) is 8.50. The van der Waals surface area contributed by atoms with Gasteiger partial charge in [0.1, 0.15) is 6.10 Å². The van der Waals surface area contributed by atoms with Crippen LogP contribution in [0.2, 0.25) is 25.7 Å². The van der Waals surface area contributed by atoms with Crippen molar-refractivity contribution in [3.63, 3.8) is 0 Å². The molecule has 0 amide bonds. The molecular formula is C10H24O5Si2. The molecule has 1 aliphatic heterocycles. The third-order valence-electron chi connectivity index (χ3n) is 2.76. The summed E-state index contributed by atoms with van der Waals surface area (Å²) in [6, 6.07) is 0.940. The standard InChI is InChI=1S/C10H24O5Si2/c1-11-17(5,12-2)15-16(3,4)7-6-13-8-10-9-14-10/h10H,6-9H2,1-5H3. The Morgan fingerprint density at radius 1 is 1.18 bits per heavy atom. The van der Waals surface area contributed by atoms with E-state index in [1.807, 2.05) is 6.55 Å². The molecule has 0 spiro atoms. The lowest BCUT2D eigenvalue weighted by Crippen LogP contribution is -2.50. The highest BCUT2D eigenvalue weighted by molar-refractivity contribution is 6.80. The van der Waals surface area contributed by atoms with Crippen LogP contribution in [0.25, 0.3) is 0 Å². The number of hydrogen-bond donors (Lipinski definition) is 0. The maximum absolute atomic E-state index is 6.07. The van der Waals surface area contributed by atoms with E-state index in [4.69, 9.17) is 22.4 Å². The number of ether oxygens (including phenoxy) is 2. The van der Waals surface area contributed by atoms with Crippen molar-refractivity contribution in [2.24, 2.45) is 0 Å². The Morgan fingerprint density at radius 3 is 2.24 bits per heavy atom. The van der Waals surface area contributed by atoms with Crippen LogP contribution in [0.15, 0.2) is 0 Å². The topological polar surface area (TPSA) is 49.5 Å². The lowest BCUT2D eigenvalue weighted by atomic mass is 10.5. The van der Waals surface area contributed by atoms with Gasteiger partial charge in [-0.15, -0.1) is 0 Å². The zero-order chi connectivity index (χ0) is 12.9. The van der Waals surface area contributed by atoms with E-state index in [9.17, 15) is 0 Å². The first kappa shape index (κ1) is 15.3. The van der Waals surface area contributed by atoms with Gasteiger partial charge in [0.15, 0.2) is 8.32 Å². The predicted octanol–water partition coefficient (Wildman–Crippen LogP) is 1.48. The van der Waals surface area contributed by atoms with Gasteiger partial charge in [-0.25, -0.2) is 0 Å². The first-order valence-corrected chi connectivity index (χ1v) is 11.2. The third-order valence-corrected chi connectivity index (χ3v) is 9.34. The van der Waals surface area contributed by atoms with Crippen LogP contribution in [0.4, 0.5) is 0 Å². The van der Waals surface area contributed by atoms with Gasteiger partial charge in [0, 0.05) is 27.4 Å². The van der Waals surface area contributed by atoms with Gasteiger partial charge >= 0.3 is 8.80 Å². The molecule has 0 bridgehead atoms. The Balaban J connectivity index is 2.22. The molecule has 5 nitrogen and oxygen atoms in total. The van der Waals surface area contributed by atoms with Crippen LogP contribution in [0.5, 0.6) is 0 Å². The van der Waals surface area contributed by atoms with E-state index in [-0.39, 0.29) is 0 Å². The van der Waals surface area contributed by atoms with Crippen molar-refractivity contribution in [2.45, 2.75) is 31.8 Å². The molecule has 1 saturated heterocycles. The van der Waals surface area contributed by atoms with Crippen LogP contribution in [0.1, 0.15) is 0 Å². The molecule has 1 unspecified atom stereocenters. The van der Waals surface area contributed by atoms with Crippen LogP contribution in [-0.4, -0.2) is 57.3 Å². The van der Waals surface area contributed by atoms with Crippen molar-refractivity contribution < 1.29 is 22.4 Å². The van der Waals surface area contributed by atoms with Gasteiger partial charge in [0.2, 0.25) is 0 Å². The first-order valence-electron chi connectivity index (χ1n) is 5.90. The van der Waals surface area contributed by atoms with E-state index in [0.717, 1.165) is 19.3 Å². The first-order chi connectivity index (χ1) is 7.91. The summed E-state index contributed by atoms with van der Waals surface area (Å²) < 4.78 is 27.4. The second-order valence-corrected chi connectivity index (χ2v) is 12.3. The molecule has 1 heterocycles. The van der Waals surface area contributed by atoms with Crippen LogP contribution < -0.4 is 0 Å². The quantitative estimate of drug-likeness (QED) is 0.364. The smallest absolute Gasteiger partial charge is 0.416 e. The van der Waals surface area contributed by atoms with E-state index in [0.29, 0.717) is 12.7 Å². The molecule has 0 aromatic rings. The van der Waals surface area contributed by atoms with Crippen LogP contribution in [-0.2, 0) is 22.4 Å². The van der Waals surface area contributed by atoms with E-state index in [1.54, 1.807) is 14.2 Å². The van der Waals surface area contributed by atoms with Gasteiger partial charge < -0.3 is 22.4 Å². The van der Waals surface area contributed by atoms with Crippen LogP contribution in [0.3, 0.4) is 0 Å². The van der Waals surface area contributed by atoms with Gasteiger partial charge in [0.05, 0.1) is 13.2 Å². The van der Waals surface area contributed by atoms with E-state index in [2.05, 4.69) is 13.1 Å². The molecule has 1 atom stereocenters. The SMILES string of the molecule is CO[Si](C)(OC)O[Si](C)(C)CCOCC1CO1. The van der Waals surface area contributed by atoms with Gasteiger partial charge in [-0.2, -0.15) is 0 Å².